The lowest BCUT2D eigenvalue weighted by molar-refractivity contribution is 0.0560. The van der Waals surface area contributed by atoms with Gasteiger partial charge < -0.3 is 9.84 Å². The number of pyridine rings is 1. The van der Waals surface area contributed by atoms with Crippen molar-refractivity contribution in [3.63, 3.8) is 0 Å². The standard InChI is InChI=1S/C9H9BrN2O2/c10-7-1-2-8(12-6-7)9(5-11)14-4-3-13/h1-2,6,9,13H,3-4H2. The molecule has 74 valence electrons. The Balaban J connectivity index is 2.70. The zero-order valence-corrected chi connectivity index (χ0v) is 8.94. The highest BCUT2D eigenvalue weighted by atomic mass is 79.9. The van der Waals surface area contributed by atoms with E-state index in [1.165, 1.54) is 0 Å². The van der Waals surface area contributed by atoms with Crippen LogP contribution in [0.15, 0.2) is 22.8 Å². The van der Waals surface area contributed by atoms with Crippen molar-refractivity contribution >= 4 is 15.9 Å². The Morgan fingerprint density at radius 3 is 2.93 bits per heavy atom. The van der Waals surface area contributed by atoms with Gasteiger partial charge in [-0.15, -0.1) is 0 Å². The first-order chi connectivity index (χ1) is 6.77. The van der Waals surface area contributed by atoms with E-state index in [0.717, 1.165) is 4.47 Å². The second-order valence-corrected chi connectivity index (χ2v) is 3.42. The smallest absolute Gasteiger partial charge is 0.185 e. The van der Waals surface area contributed by atoms with Gasteiger partial charge in [0.15, 0.2) is 6.10 Å². The first-order valence-corrected chi connectivity index (χ1v) is 4.80. The molecule has 0 saturated carbocycles. The number of aromatic nitrogens is 1. The van der Waals surface area contributed by atoms with Crippen LogP contribution in [-0.4, -0.2) is 23.3 Å². The molecule has 0 spiro atoms. The van der Waals surface area contributed by atoms with Crippen LogP contribution in [-0.2, 0) is 4.74 Å². The van der Waals surface area contributed by atoms with Crippen LogP contribution in [0, 0.1) is 11.3 Å². The van der Waals surface area contributed by atoms with E-state index >= 15 is 0 Å². The van der Waals surface area contributed by atoms with E-state index in [2.05, 4.69) is 20.9 Å². The molecular weight excluding hydrogens is 248 g/mol. The van der Waals surface area contributed by atoms with Gasteiger partial charge in [-0.05, 0) is 28.1 Å². The van der Waals surface area contributed by atoms with Crippen LogP contribution in [0.4, 0.5) is 0 Å². The fourth-order valence-electron chi connectivity index (χ4n) is 0.902. The summed E-state index contributed by atoms with van der Waals surface area (Å²) in [5, 5.41) is 17.3. The van der Waals surface area contributed by atoms with Crippen LogP contribution >= 0.6 is 15.9 Å². The van der Waals surface area contributed by atoms with E-state index in [-0.39, 0.29) is 13.2 Å². The van der Waals surface area contributed by atoms with Crippen molar-refractivity contribution in [2.75, 3.05) is 13.2 Å². The summed E-state index contributed by atoms with van der Waals surface area (Å²) in [6.45, 7) is 0.0324. The molecule has 0 aliphatic carbocycles. The molecule has 5 heteroatoms. The lowest BCUT2D eigenvalue weighted by Crippen LogP contribution is -2.07. The summed E-state index contributed by atoms with van der Waals surface area (Å²) in [7, 11) is 0. The first-order valence-electron chi connectivity index (χ1n) is 4.01. The molecule has 0 fully saturated rings. The fourth-order valence-corrected chi connectivity index (χ4v) is 1.14. The molecule has 0 amide bonds. The number of nitriles is 1. The molecular formula is C9H9BrN2O2. The number of aliphatic hydroxyl groups excluding tert-OH is 1. The Bertz CT molecular complexity index is 321. The Kier molecular flexibility index (Phi) is 4.53. The Labute approximate surface area is 90.3 Å². The van der Waals surface area contributed by atoms with Gasteiger partial charge in [0.05, 0.1) is 18.9 Å². The third-order valence-corrected chi connectivity index (χ3v) is 1.98. The predicted octanol–water partition coefficient (Wildman–Crippen LogP) is 1.42. The lowest BCUT2D eigenvalue weighted by Gasteiger charge is -2.08. The molecule has 0 aliphatic heterocycles. The maximum Gasteiger partial charge on any atom is 0.185 e. The zero-order chi connectivity index (χ0) is 10.4. The molecule has 0 radical (unpaired) electrons. The van der Waals surface area contributed by atoms with Crippen molar-refractivity contribution < 1.29 is 9.84 Å². The van der Waals surface area contributed by atoms with Crippen LogP contribution < -0.4 is 0 Å². The van der Waals surface area contributed by atoms with E-state index in [1.54, 1.807) is 18.3 Å². The van der Waals surface area contributed by atoms with Crippen molar-refractivity contribution in [3.8, 4) is 6.07 Å². The van der Waals surface area contributed by atoms with Crippen molar-refractivity contribution in [3.05, 3.63) is 28.5 Å². The minimum atomic E-state index is -0.713. The molecule has 0 aromatic carbocycles. The predicted molar refractivity (Wildman–Crippen MR) is 53.3 cm³/mol. The molecule has 1 atom stereocenters. The largest absolute Gasteiger partial charge is 0.394 e. The number of halogens is 1. The zero-order valence-electron chi connectivity index (χ0n) is 7.35. The van der Waals surface area contributed by atoms with Crippen molar-refractivity contribution in [2.45, 2.75) is 6.10 Å². The lowest BCUT2D eigenvalue weighted by atomic mass is 10.2. The molecule has 1 aromatic rings. The van der Waals surface area contributed by atoms with E-state index in [1.807, 2.05) is 6.07 Å². The normalized spacial score (nSPS) is 12.1. The van der Waals surface area contributed by atoms with Gasteiger partial charge in [-0.3, -0.25) is 4.98 Å². The Hall–Kier alpha value is -0.960. The summed E-state index contributed by atoms with van der Waals surface area (Å²) < 4.78 is 5.92. The topological polar surface area (TPSA) is 66.1 Å². The van der Waals surface area contributed by atoms with Crippen LogP contribution in [0.3, 0.4) is 0 Å². The average Bonchev–Trinajstić information content (AvgIpc) is 2.21. The van der Waals surface area contributed by atoms with Gasteiger partial charge in [0.1, 0.15) is 6.07 Å². The molecule has 1 aromatic heterocycles. The summed E-state index contributed by atoms with van der Waals surface area (Å²) in [5.41, 5.74) is 0.546. The molecule has 1 N–H and O–H groups in total. The highest BCUT2D eigenvalue weighted by Gasteiger charge is 2.11. The van der Waals surface area contributed by atoms with Gasteiger partial charge >= 0.3 is 0 Å². The van der Waals surface area contributed by atoms with Gasteiger partial charge in [-0.25, -0.2) is 0 Å². The van der Waals surface area contributed by atoms with Crippen molar-refractivity contribution in [1.82, 2.24) is 4.98 Å². The molecule has 14 heavy (non-hydrogen) atoms. The van der Waals surface area contributed by atoms with Gasteiger partial charge in [0, 0.05) is 10.7 Å². The van der Waals surface area contributed by atoms with E-state index in [0.29, 0.717) is 5.69 Å². The maximum absolute atomic E-state index is 8.77. The fraction of sp³-hybridized carbons (Fsp3) is 0.333. The number of hydrogen-bond donors (Lipinski definition) is 1. The molecule has 0 bridgehead atoms. The summed E-state index contributed by atoms with van der Waals surface area (Å²) in [4.78, 5) is 4.03. The minimum Gasteiger partial charge on any atom is -0.394 e. The number of ether oxygens (including phenoxy) is 1. The molecule has 1 unspecified atom stereocenters. The van der Waals surface area contributed by atoms with E-state index < -0.39 is 6.10 Å². The van der Waals surface area contributed by atoms with Gasteiger partial charge in [0.25, 0.3) is 0 Å². The maximum atomic E-state index is 8.77. The van der Waals surface area contributed by atoms with Crippen LogP contribution in [0.1, 0.15) is 11.8 Å². The molecule has 4 nitrogen and oxygen atoms in total. The van der Waals surface area contributed by atoms with Crippen molar-refractivity contribution in [2.24, 2.45) is 0 Å². The number of rotatable bonds is 4. The third-order valence-electron chi connectivity index (χ3n) is 1.51. The summed E-state index contributed by atoms with van der Waals surface area (Å²) >= 11 is 3.24. The van der Waals surface area contributed by atoms with Gasteiger partial charge in [-0.1, -0.05) is 0 Å². The minimum absolute atomic E-state index is 0.102. The van der Waals surface area contributed by atoms with Gasteiger partial charge in [-0.2, -0.15) is 5.26 Å². The third kappa shape index (κ3) is 3.07. The second kappa shape index (κ2) is 5.70. The van der Waals surface area contributed by atoms with Crippen LogP contribution in [0.5, 0.6) is 0 Å². The van der Waals surface area contributed by atoms with Crippen LogP contribution in [0.25, 0.3) is 0 Å². The highest BCUT2D eigenvalue weighted by molar-refractivity contribution is 9.10. The molecule has 1 heterocycles. The number of hydrogen-bond acceptors (Lipinski definition) is 4. The summed E-state index contributed by atoms with van der Waals surface area (Å²) in [6, 6.07) is 5.45. The monoisotopic (exact) mass is 256 g/mol. The van der Waals surface area contributed by atoms with Crippen molar-refractivity contribution in [1.29, 1.82) is 5.26 Å². The molecule has 0 aliphatic rings. The van der Waals surface area contributed by atoms with E-state index in [4.69, 9.17) is 15.1 Å². The molecule has 0 saturated heterocycles. The van der Waals surface area contributed by atoms with E-state index in [9.17, 15) is 0 Å². The quantitative estimate of drug-likeness (QED) is 0.885. The number of nitrogens with zero attached hydrogens (tertiary/aromatic N) is 2. The SMILES string of the molecule is N#CC(OCCO)c1ccc(Br)cn1. The summed E-state index contributed by atoms with van der Waals surface area (Å²) in [6.07, 6.45) is 0.886. The Morgan fingerprint density at radius 1 is 1.64 bits per heavy atom. The first kappa shape index (κ1) is 11.1. The average molecular weight is 257 g/mol. The van der Waals surface area contributed by atoms with Gasteiger partial charge in [0.2, 0.25) is 0 Å². The second-order valence-electron chi connectivity index (χ2n) is 2.50. The van der Waals surface area contributed by atoms with Crippen LogP contribution in [0.2, 0.25) is 0 Å². The number of aliphatic hydroxyl groups is 1. The highest BCUT2D eigenvalue weighted by Crippen LogP contribution is 2.16. The Morgan fingerprint density at radius 2 is 2.43 bits per heavy atom. The summed E-state index contributed by atoms with van der Waals surface area (Å²) in [5.74, 6) is 0. The molecule has 1 rings (SSSR count).